The molecule has 0 fully saturated rings. The standard InChI is InChI=1S/C17H16F3NO2/c18-17(19,20)14-8-4-5-12(9-14)10-16(23)21-11-15(22)13-6-2-1-3-7-13/h1-9,15,22H,10-11H2,(H,21,23)/t15-/m1/s1. The number of benzene rings is 2. The van der Waals surface area contributed by atoms with Crippen molar-refractivity contribution < 1.29 is 23.1 Å². The number of hydrogen-bond acceptors (Lipinski definition) is 2. The first-order valence-electron chi connectivity index (χ1n) is 7.02. The average molecular weight is 323 g/mol. The van der Waals surface area contributed by atoms with Gasteiger partial charge in [0.05, 0.1) is 18.1 Å². The molecule has 0 saturated heterocycles. The summed E-state index contributed by atoms with van der Waals surface area (Å²) < 4.78 is 37.8. The van der Waals surface area contributed by atoms with Crippen molar-refractivity contribution in [1.29, 1.82) is 0 Å². The third-order valence-corrected chi connectivity index (χ3v) is 3.30. The Morgan fingerprint density at radius 2 is 1.78 bits per heavy atom. The predicted molar refractivity (Wildman–Crippen MR) is 79.6 cm³/mol. The van der Waals surface area contributed by atoms with Gasteiger partial charge in [-0.2, -0.15) is 13.2 Å². The number of carbonyl (C=O) groups excluding carboxylic acids is 1. The van der Waals surface area contributed by atoms with E-state index in [2.05, 4.69) is 5.32 Å². The summed E-state index contributed by atoms with van der Waals surface area (Å²) >= 11 is 0. The van der Waals surface area contributed by atoms with Gasteiger partial charge in [0.15, 0.2) is 0 Å². The van der Waals surface area contributed by atoms with Gasteiger partial charge >= 0.3 is 6.18 Å². The van der Waals surface area contributed by atoms with E-state index in [9.17, 15) is 23.1 Å². The maximum Gasteiger partial charge on any atom is 0.416 e. The first kappa shape index (κ1) is 17.0. The number of rotatable bonds is 5. The van der Waals surface area contributed by atoms with Crippen LogP contribution in [0.1, 0.15) is 22.8 Å². The van der Waals surface area contributed by atoms with Crippen LogP contribution >= 0.6 is 0 Å². The molecule has 0 aliphatic heterocycles. The molecule has 0 radical (unpaired) electrons. The van der Waals surface area contributed by atoms with Gasteiger partial charge in [0.2, 0.25) is 5.91 Å². The number of alkyl halides is 3. The Morgan fingerprint density at radius 3 is 2.43 bits per heavy atom. The molecule has 2 aromatic carbocycles. The lowest BCUT2D eigenvalue weighted by molar-refractivity contribution is -0.137. The maximum absolute atomic E-state index is 12.6. The molecular formula is C17H16F3NO2. The molecule has 0 spiro atoms. The highest BCUT2D eigenvalue weighted by atomic mass is 19.4. The maximum atomic E-state index is 12.6. The van der Waals surface area contributed by atoms with Crippen molar-refractivity contribution in [3.8, 4) is 0 Å². The normalized spacial score (nSPS) is 12.7. The van der Waals surface area contributed by atoms with Crippen molar-refractivity contribution in [2.75, 3.05) is 6.54 Å². The van der Waals surface area contributed by atoms with Crippen LogP contribution in [0.25, 0.3) is 0 Å². The van der Waals surface area contributed by atoms with Crippen molar-refractivity contribution in [3.63, 3.8) is 0 Å². The fourth-order valence-electron chi connectivity index (χ4n) is 2.11. The Bertz CT molecular complexity index is 656. The van der Waals surface area contributed by atoms with Gasteiger partial charge in [0.25, 0.3) is 0 Å². The zero-order valence-corrected chi connectivity index (χ0v) is 12.2. The van der Waals surface area contributed by atoms with E-state index >= 15 is 0 Å². The lowest BCUT2D eigenvalue weighted by Crippen LogP contribution is -2.29. The van der Waals surface area contributed by atoms with Crippen LogP contribution < -0.4 is 5.32 Å². The van der Waals surface area contributed by atoms with Gasteiger partial charge < -0.3 is 10.4 Å². The number of aliphatic hydroxyl groups is 1. The number of halogens is 3. The highest BCUT2D eigenvalue weighted by molar-refractivity contribution is 5.78. The molecular weight excluding hydrogens is 307 g/mol. The van der Waals surface area contributed by atoms with E-state index in [1.807, 2.05) is 6.07 Å². The van der Waals surface area contributed by atoms with Crippen LogP contribution in [-0.2, 0) is 17.4 Å². The molecule has 6 heteroatoms. The molecule has 0 bridgehead atoms. The van der Waals surface area contributed by atoms with Crippen LogP contribution in [0.2, 0.25) is 0 Å². The number of carbonyl (C=O) groups is 1. The lowest BCUT2D eigenvalue weighted by atomic mass is 10.1. The number of aliphatic hydroxyl groups excluding tert-OH is 1. The van der Waals surface area contributed by atoms with Crippen LogP contribution in [0.15, 0.2) is 54.6 Å². The predicted octanol–water partition coefficient (Wildman–Crippen LogP) is 3.10. The zero-order valence-electron chi connectivity index (χ0n) is 12.2. The Morgan fingerprint density at radius 1 is 1.09 bits per heavy atom. The minimum absolute atomic E-state index is 0.00179. The molecule has 0 aliphatic carbocycles. The van der Waals surface area contributed by atoms with E-state index < -0.39 is 23.8 Å². The Labute approximate surface area is 131 Å². The van der Waals surface area contributed by atoms with Gasteiger partial charge in [-0.15, -0.1) is 0 Å². The van der Waals surface area contributed by atoms with Crippen LogP contribution in [0.5, 0.6) is 0 Å². The van der Waals surface area contributed by atoms with Gasteiger partial charge in [-0.1, -0.05) is 48.5 Å². The highest BCUT2D eigenvalue weighted by Crippen LogP contribution is 2.29. The lowest BCUT2D eigenvalue weighted by Gasteiger charge is -2.13. The molecule has 0 unspecified atom stereocenters. The molecule has 1 amide bonds. The van der Waals surface area contributed by atoms with E-state index in [-0.39, 0.29) is 18.5 Å². The Hall–Kier alpha value is -2.34. The van der Waals surface area contributed by atoms with Gasteiger partial charge in [-0.05, 0) is 17.2 Å². The van der Waals surface area contributed by atoms with Crippen molar-refractivity contribution in [3.05, 3.63) is 71.3 Å². The van der Waals surface area contributed by atoms with Crippen molar-refractivity contribution in [1.82, 2.24) is 5.32 Å². The summed E-state index contributed by atoms with van der Waals surface area (Å²) in [5, 5.41) is 12.4. The highest BCUT2D eigenvalue weighted by Gasteiger charge is 2.30. The summed E-state index contributed by atoms with van der Waals surface area (Å²) in [4.78, 5) is 11.8. The van der Waals surface area contributed by atoms with E-state index in [1.165, 1.54) is 12.1 Å². The minimum Gasteiger partial charge on any atom is -0.387 e. The monoisotopic (exact) mass is 323 g/mol. The second-order valence-corrected chi connectivity index (χ2v) is 5.11. The summed E-state index contributed by atoms with van der Waals surface area (Å²) in [5.41, 5.74) is 0.144. The second-order valence-electron chi connectivity index (χ2n) is 5.11. The van der Waals surface area contributed by atoms with E-state index in [1.54, 1.807) is 24.3 Å². The van der Waals surface area contributed by atoms with Gasteiger partial charge in [0.1, 0.15) is 0 Å². The molecule has 2 aromatic rings. The molecule has 23 heavy (non-hydrogen) atoms. The number of nitrogens with one attached hydrogen (secondary N) is 1. The molecule has 2 N–H and O–H groups in total. The summed E-state index contributed by atoms with van der Waals surface area (Å²) in [7, 11) is 0. The molecule has 2 rings (SSSR count). The molecule has 0 aliphatic rings. The molecule has 0 aromatic heterocycles. The van der Waals surface area contributed by atoms with E-state index in [0.29, 0.717) is 5.56 Å². The van der Waals surface area contributed by atoms with Crippen molar-refractivity contribution in [2.45, 2.75) is 18.7 Å². The summed E-state index contributed by atoms with van der Waals surface area (Å²) in [6.45, 7) is 0.00179. The van der Waals surface area contributed by atoms with E-state index in [4.69, 9.17) is 0 Å². The summed E-state index contributed by atoms with van der Waals surface area (Å²) in [6.07, 6.45) is -5.47. The summed E-state index contributed by atoms with van der Waals surface area (Å²) in [6, 6.07) is 13.4. The number of hydrogen-bond donors (Lipinski definition) is 2. The fourth-order valence-corrected chi connectivity index (χ4v) is 2.11. The van der Waals surface area contributed by atoms with Gasteiger partial charge in [0, 0.05) is 6.54 Å². The van der Waals surface area contributed by atoms with Crippen LogP contribution in [-0.4, -0.2) is 17.6 Å². The van der Waals surface area contributed by atoms with Crippen LogP contribution in [0.4, 0.5) is 13.2 Å². The molecule has 0 saturated carbocycles. The van der Waals surface area contributed by atoms with E-state index in [0.717, 1.165) is 12.1 Å². The smallest absolute Gasteiger partial charge is 0.387 e. The van der Waals surface area contributed by atoms with Crippen molar-refractivity contribution >= 4 is 5.91 Å². The Balaban J connectivity index is 1.90. The molecule has 0 heterocycles. The average Bonchev–Trinajstić information content (AvgIpc) is 2.53. The van der Waals surface area contributed by atoms with Gasteiger partial charge in [-0.25, -0.2) is 0 Å². The minimum atomic E-state index is -4.43. The largest absolute Gasteiger partial charge is 0.416 e. The van der Waals surface area contributed by atoms with Crippen LogP contribution in [0.3, 0.4) is 0 Å². The summed E-state index contributed by atoms with van der Waals surface area (Å²) in [5.74, 6) is -0.445. The molecule has 3 nitrogen and oxygen atoms in total. The second kappa shape index (κ2) is 7.28. The third kappa shape index (κ3) is 5.10. The fraction of sp³-hybridized carbons (Fsp3) is 0.235. The van der Waals surface area contributed by atoms with Crippen molar-refractivity contribution in [2.24, 2.45) is 0 Å². The topological polar surface area (TPSA) is 49.3 Å². The SMILES string of the molecule is O=C(Cc1cccc(C(F)(F)F)c1)NC[C@@H](O)c1ccccc1. The third-order valence-electron chi connectivity index (χ3n) is 3.30. The van der Waals surface area contributed by atoms with Gasteiger partial charge in [-0.3, -0.25) is 4.79 Å². The Kier molecular flexibility index (Phi) is 5.39. The van der Waals surface area contributed by atoms with Crippen LogP contribution in [0, 0.1) is 0 Å². The quantitative estimate of drug-likeness (QED) is 0.888. The first-order valence-corrected chi connectivity index (χ1v) is 7.02. The first-order chi connectivity index (χ1) is 10.9. The molecule has 1 atom stereocenters. The molecule has 122 valence electrons. The zero-order chi connectivity index (χ0) is 16.9. The number of amides is 1.